The number of hydrazine groups is 1. The summed E-state index contributed by atoms with van der Waals surface area (Å²) >= 11 is 11.8. The van der Waals surface area contributed by atoms with Crippen LogP contribution in [0, 0.1) is 0 Å². The molecule has 2 rings (SSSR count). The Balaban J connectivity index is 1.80. The maximum Gasteiger partial charge on any atom is 0.269 e. The van der Waals surface area contributed by atoms with E-state index >= 15 is 0 Å². The van der Waals surface area contributed by atoms with Crippen molar-refractivity contribution in [2.45, 2.75) is 12.8 Å². The maximum absolute atomic E-state index is 11.8. The first kappa shape index (κ1) is 16.3. The van der Waals surface area contributed by atoms with E-state index in [-0.39, 0.29) is 18.2 Å². The van der Waals surface area contributed by atoms with Gasteiger partial charge in [0.2, 0.25) is 5.91 Å². The van der Waals surface area contributed by atoms with E-state index in [1.165, 1.54) is 0 Å². The van der Waals surface area contributed by atoms with Crippen LogP contribution in [0.2, 0.25) is 10.0 Å². The zero-order chi connectivity index (χ0) is 15.9. The van der Waals surface area contributed by atoms with Crippen LogP contribution in [0.25, 0.3) is 0 Å². The number of rotatable bonds is 4. The first-order valence-electron chi connectivity index (χ1n) is 6.64. The molecule has 2 amide bonds. The van der Waals surface area contributed by atoms with Gasteiger partial charge in [-0.1, -0.05) is 47.5 Å². The van der Waals surface area contributed by atoms with Crippen molar-refractivity contribution in [3.05, 3.63) is 69.7 Å². The van der Waals surface area contributed by atoms with Crippen molar-refractivity contribution in [1.29, 1.82) is 0 Å². The van der Waals surface area contributed by atoms with Crippen LogP contribution < -0.4 is 10.9 Å². The van der Waals surface area contributed by atoms with Crippen molar-refractivity contribution in [1.82, 2.24) is 10.9 Å². The fourth-order valence-corrected chi connectivity index (χ4v) is 2.33. The molecular formula is C16H14Cl2N2O2. The van der Waals surface area contributed by atoms with Crippen LogP contribution in [-0.4, -0.2) is 11.8 Å². The van der Waals surface area contributed by atoms with E-state index in [0.717, 1.165) is 5.56 Å². The summed E-state index contributed by atoms with van der Waals surface area (Å²) in [4.78, 5) is 23.5. The normalized spacial score (nSPS) is 10.1. The molecule has 114 valence electrons. The van der Waals surface area contributed by atoms with Gasteiger partial charge in [-0.3, -0.25) is 20.4 Å². The van der Waals surface area contributed by atoms with Crippen LogP contribution in [0.4, 0.5) is 0 Å². The van der Waals surface area contributed by atoms with E-state index in [9.17, 15) is 9.59 Å². The highest BCUT2D eigenvalue weighted by atomic mass is 35.5. The summed E-state index contributed by atoms with van der Waals surface area (Å²) in [6, 6.07) is 13.8. The Morgan fingerprint density at radius 3 is 2.36 bits per heavy atom. The van der Waals surface area contributed by atoms with Gasteiger partial charge in [0, 0.05) is 22.0 Å². The number of halogens is 2. The van der Waals surface area contributed by atoms with Crippen molar-refractivity contribution in [2.75, 3.05) is 0 Å². The van der Waals surface area contributed by atoms with Gasteiger partial charge < -0.3 is 0 Å². The Bertz CT molecular complexity index is 675. The van der Waals surface area contributed by atoms with Crippen molar-refractivity contribution in [2.24, 2.45) is 0 Å². The largest absolute Gasteiger partial charge is 0.273 e. The van der Waals surface area contributed by atoms with Gasteiger partial charge in [-0.05, 0) is 36.2 Å². The quantitative estimate of drug-likeness (QED) is 0.841. The highest BCUT2D eigenvalue weighted by Crippen LogP contribution is 2.21. The van der Waals surface area contributed by atoms with Gasteiger partial charge in [0.25, 0.3) is 5.91 Å². The fourth-order valence-electron chi connectivity index (χ4n) is 1.82. The minimum atomic E-state index is -0.363. The van der Waals surface area contributed by atoms with E-state index in [1.54, 1.807) is 42.5 Å². The van der Waals surface area contributed by atoms with Gasteiger partial charge in [0.05, 0.1) is 0 Å². The van der Waals surface area contributed by atoms with Gasteiger partial charge in [-0.25, -0.2) is 0 Å². The molecule has 0 aliphatic heterocycles. The molecule has 0 saturated carbocycles. The van der Waals surface area contributed by atoms with Crippen LogP contribution in [0.1, 0.15) is 22.3 Å². The maximum atomic E-state index is 11.8. The Labute approximate surface area is 138 Å². The summed E-state index contributed by atoms with van der Waals surface area (Å²) in [5.41, 5.74) is 6.05. The van der Waals surface area contributed by atoms with Crippen LogP contribution in [0.15, 0.2) is 48.5 Å². The molecule has 0 saturated heterocycles. The van der Waals surface area contributed by atoms with E-state index < -0.39 is 0 Å². The highest BCUT2D eigenvalue weighted by molar-refractivity contribution is 6.35. The third kappa shape index (κ3) is 4.76. The van der Waals surface area contributed by atoms with Crippen LogP contribution in [0.3, 0.4) is 0 Å². The zero-order valence-corrected chi connectivity index (χ0v) is 13.1. The summed E-state index contributed by atoms with van der Waals surface area (Å²) in [7, 11) is 0. The number of carbonyl (C=O) groups is 2. The molecule has 2 N–H and O–H groups in total. The first-order valence-corrected chi connectivity index (χ1v) is 7.40. The molecule has 0 aliphatic carbocycles. The Kier molecular flexibility index (Phi) is 5.81. The number of carbonyl (C=O) groups excluding carboxylic acids is 2. The molecular weight excluding hydrogens is 323 g/mol. The molecule has 0 aliphatic rings. The van der Waals surface area contributed by atoms with Gasteiger partial charge in [0.15, 0.2) is 0 Å². The smallest absolute Gasteiger partial charge is 0.269 e. The molecule has 0 aromatic heterocycles. The summed E-state index contributed by atoms with van der Waals surface area (Å²) in [6.07, 6.45) is 0.666. The standard InChI is InChI=1S/C16H14Cl2N2O2/c17-13-8-6-11(14(18)10-13)7-9-15(21)19-20-16(22)12-4-2-1-3-5-12/h1-6,8,10H,7,9H2,(H,19,21)(H,20,22). The molecule has 4 nitrogen and oxygen atoms in total. The minimum absolute atomic E-state index is 0.205. The van der Waals surface area contributed by atoms with E-state index in [0.29, 0.717) is 22.0 Å². The third-order valence-corrected chi connectivity index (χ3v) is 3.57. The lowest BCUT2D eigenvalue weighted by molar-refractivity contribution is -0.121. The molecule has 0 bridgehead atoms. The van der Waals surface area contributed by atoms with Crippen LogP contribution in [0.5, 0.6) is 0 Å². The van der Waals surface area contributed by atoms with E-state index in [2.05, 4.69) is 10.9 Å². The van der Waals surface area contributed by atoms with Crippen molar-refractivity contribution in [3.63, 3.8) is 0 Å². The summed E-state index contributed by atoms with van der Waals surface area (Å²) < 4.78 is 0. The lowest BCUT2D eigenvalue weighted by atomic mass is 10.1. The lowest BCUT2D eigenvalue weighted by Gasteiger charge is -2.08. The molecule has 0 unspecified atom stereocenters. The number of benzene rings is 2. The Morgan fingerprint density at radius 2 is 1.68 bits per heavy atom. The number of hydrogen-bond donors (Lipinski definition) is 2. The summed E-state index contributed by atoms with van der Waals surface area (Å²) in [6.45, 7) is 0. The van der Waals surface area contributed by atoms with Gasteiger partial charge in [-0.15, -0.1) is 0 Å². The topological polar surface area (TPSA) is 58.2 Å². The van der Waals surface area contributed by atoms with Gasteiger partial charge in [-0.2, -0.15) is 0 Å². The van der Waals surface area contributed by atoms with E-state index in [1.807, 2.05) is 6.07 Å². The molecule has 0 atom stereocenters. The molecule has 6 heteroatoms. The van der Waals surface area contributed by atoms with Gasteiger partial charge >= 0.3 is 0 Å². The number of amides is 2. The van der Waals surface area contributed by atoms with Crippen LogP contribution in [-0.2, 0) is 11.2 Å². The second kappa shape index (κ2) is 7.82. The molecule has 2 aromatic rings. The van der Waals surface area contributed by atoms with Crippen LogP contribution >= 0.6 is 23.2 Å². The minimum Gasteiger partial charge on any atom is -0.273 e. The highest BCUT2D eigenvalue weighted by Gasteiger charge is 2.08. The molecule has 0 radical (unpaired) electrons. The Hall–Kier alpha value is -2.04. The third-order valence-electron chi connectivity index (χ3n) is 2.99. The summed E-state index contributed by atoms with van der Waals surface area (Å²) in [5.74, 6) is -0.659. The number of aryl methyl sites for hydroxylation is 1. The van der Waals surface area contributed by atoms with Gasteiger partial charge in [0.1, 0.15) is 0 Å². The lowest BCUT2D eigenvalue weighted by Crippen LogP contribution is -2.41. The molecule has 2 aromatic carbocycles. The predicted octanol–water partition coefficient (Wildman–Crippen LogP) is 3.39. The number of hydrogen-bond acceptors (Lipinski definition) is 2. The SMILES string of the molecule is O=C(CCc1ccc(Cl)cc1Cl)NNC(=O)c1ccccc1. The second-order valence-electron chi connectivity index (χ2n) is 4.60. The number of nitrogens with one attached hydrogen (secondary N) is 2. The molecule has 0 spiro atoms. The molecule has 22 heavy (non-hydrogen) atoms. The fraction of sp³-hybridized carbons (Fsp3) is 0.125. The average Bonchev–Trinajstić information content (AvgIpc) is 2.52. The molecule has 0 heterocycles. The summed E-state index contributed by atoms with van der Waals surface area (Å²) in [5, 5.41) is 1.07. The zero-order valence-electron chi connectivity index (χ0n) is 11.6. The molecule has 0 fully saturated rings. The van der Waals surface area contributed by atoms with E-state index in [4.69, 9.17) is 23.2 Å². The predicted molar refractivity (Wildman–Crippen MR) is 86.8 cm³/mol. The monoisotopic (exact) mass is 336 g/mol. The second-order valence-corrected chi connectivity index (χ2v) is 5.45. The van der Waals surface area contributed by atoms with Crippen molar-refractivity contribution >= 4 is 35.0 Å². The first-order chi connectivity index (χ1) is 10.6. The average molecular weight is 337 g/mol. The Morgan fingerprint density at radius 1 is 0.955 bits per heavy atom. The van der Waals surface area contributed by atoms with Crippen molar-refractivity contribution < 1.29 is 9.59 Å². The van der Waals surface area contributed by atoms with Crippen molar-refractivity contribution in [3.8, 4) is 0 Å².